The highest BCUT2D eigenvalue weighted by molar-refractivity contribution is 7.98. The zero-order chi connectivity index (χ0) is 19.4. The van der Waals surface area contributed by atoms with Crippen LogP contribution in [-0.4, -0.2) is 37.4 Å². The number of benzene rings is 1. The normalized spacial score (nSPS) is 12.1. The molecule has 27 heavy (non-hydrogen) atoms. The first-order valence-electron chi connectivity index (χ1n) is 8.04. The molecule has 1 N–H and O–H groups in total. The summed E-state index contributed by atoms with van der Waals surface area (Å²) in [6.07, 6.45) is 4.46. The molecule has 0 aliphatic heterocycles. The Kier molecular flexibility index (Phi) is 5.92. The number of nitrogens with one attached hydrogen (secondary N) is 1. The fraction of sp³-hybridized carbons (Fsp3) is 0.235. The number of aromatic nitrogens is 3. The minimum atomic E-state index is -0.558. The zero-order valence-electron chi connectivity index (χ0n) is 14.3. The third-order valence-corrected chi connectivity index (χ3v) is 4.93. The fourth-order valence-electron chi connectivity index (χ4n) is 2.64. The number of rotatable bonds is 7. The van der Waals surface area contributed by atoms with Crippen LogP contribution in [0.4, 0.5) is 5.69 Å². The van der Waals surface area contributed by atoms with Crippen LogP contribution >= 0.6 is 23.4 Å². The van der Waals surface area contributed by atoms with Crippen LogP contribution < -0.4 is 5.32 Å². The molecule has 1 unspecified atom stereocenters. The van der Waals surface area contributed by atoms with Gasteiger partial charge < -0.3 is 5.32 Å². The summed E-state index contributed by atoms with van der Waals surface area (Å²) in [7, 11) is 0. The fourth-order valence-corrected chi connectivity index (χ4v) is 3.37. The predicted octanol–water partition coefficient (Wildman–Crippen LogP) is 3.52. The number of nitro groups is 1. The molecule has 1 atom stereocenters. The highest BCUT2D eigenvalue weighted by Crippen LogP contribution is 2.24. The van der Waals surface area contributed by atoms with Crippen molar-refractivity contribution in [1.29, 1.82) is 0 Å². The van der Waals surface area contributed by atoms with Gasteiger partial charge in [-0.25, -0.2) is 0 Å². The number of hydrogen-bond acceptors (Lipinski definition) is 6. The molecule has 0 saturated heterocycles. The van der Waals surface area contributed by atoms with Crippen molar-refractivity contribution in [2.75, 3.05) is 12.0 Å². The standard InChI is InChI=1S/C17H16ClN5O3S/c1-27-9-7-14(16-21-20-15-4-2-3-8-22(15)16)19-17(24)12-6-5-11(23(25)26)10-13(12)18/h2-6,8,10,14H,7,9H2,1H3,(H,19,24). The average Bonchev–Trinajstić information content (AvgIpc) is 3.08. The summed E-state index contributed by atoms with van der Waals surface area (Å²) >= 11 is 7.73. The summed E-state index contributed by atoms with van der Waals surface area (Å²) in [6.45, 7) is 0. The van der Waals surface area contributed by atoms with Crippen LogP contribution in [-0.2, 0) is 0 Å². The van der Waals surface area contributed by atoms with Crippen molar-refractivity contribution in [3.63, 3.8) is 0 Å². The maximum absolute atomic E-state index is 12.7. The molecular formula is C17H16ClN5O3S. The molecule has 2 heterocycles. The number of fused-ring (bicyclic) bond motifs is 1. The lowest BCUT2D eigenvalue weighted by Crippen LogP contribution is -2.30. The second kappa shape index (κ2) is 8.36. The minimum absolute atomic E-state index is 0.0245. The largest absolute Gasteiger partial charge is 0.342 e. The topological polar surface area (TPSA) is 102 Å². The van der Waals surface area contributed by atoms with Gasteiger partial charge in [0.05, 0.1) is 21.6 Å². The van der Waals surface area contributed by atoms with Crippen LogP contribution in [0, 0.1) is 10.1 Å². The summed E-state index contributed by atoms with van der Waals surface area (Å²) in [5.74, 6) is 1.00. The first-order valence-corrected chi connectivity index (χ1v) is 9.82. The third-order valence-electron chi connectivity index (χ3n) is 3.98. The minimum Gasteiger partial charge on any atom is -0.342 e. The number of nitro benzene ring substituents is 1. The second-order valence-electron chi connectivity index (χ2n) is 5.72. The van der Waals surface area contributed by atoms with Crippen LogP contribution in [0.2, 0.25) is 5.02 Å². The van der Waals surface area contributed by atoms with Gasteiger partial charge in [-0.2, -0.15) is 11.8 Å². The quantitative estimate of drug-likeness (QED) is 0.476. The maximum atomic E-state index is 12.7. The van der Waals surface area contributed by atoms with Crippen molar-refractivity contribution < 1.29 is 9.72 Å². The van der Waals surface area contributed by atoms with Crippen LogP contribution in [0.1, 0.15) is 28.6 Å². The van der Waals surface area contributed by atoms with Gasteiger partial charge in [-0.05, 0) is 36.6 Å². The van der Waals surface area contributed by atoms with Gasteiger partial charge in [-0.15, -0.1) is 10.2 Å². The predicted molar refractivity (Wildman–Crippen MR) is 104 cm³/mol. The molecule has 0 aliphatic rings. The Labute approximate surface area is 164 Å². The first kappa shape index (κ1) is 19.1. The highest BCUT2D eigenvalue weighted by atomic mass is 35.5. The SMILES string of the molecule is CSCCC(NC(=O)c1ccc([N+](=O)[O-])cc1Cl)c1nnc2ccccn12. The maximum Gasteiger partial charge on any atom is 0.270 e. The molecule has 3 aromatic rings. The van der Waals surface area contributed by atoms with Gasteiger partial charge in [0.15, 0.2) is 11.5 Å². The zero-order valence-corrected chi connectivity index (χ0v) is 15.9. The van der Waals surface area contributed by atoms with E-state index < -0.39 is 10.8 Å². The van der Waals surface area contributed by atoms with Gasteiger partial charge in [0.25, 0.3) is 11.6 Å². The Bertz CT molecular complexity index is 994. The summed E-state index contributed by atoms with van der Waals surface area (Å²) in [6, 6.07) is 8.94. The van der Waals surface area contributed by atoms with E-state index in [1.54, 1.807) is 11.8 Å². The lowest BCUT2D eigenvalue weighted by molar-refractivity contribution is -0.384. The van der Waals surface area contributed by atoms with Gasteiger partial charge in [0, 0.05) is 18.3 Å². The molecule has 2 aromatic heterocycles. The van der Waals surface area contributed by atoms with Gasteiger partial charge in [0.1, 0.15) is 0 Å². The number of pyridine rings is 1. The van der Waals surface area contributed by atoms with Crippen molar-refractivity contribution in [3.05, 3.63) is 69.1 Å². The summed E-state index contributed by atoms with van der Waals surface area (Å²) in [5, 5.41) is 22.1. The lowest BCUT2D eigenvalue weighted by atomic mass is 10.1. The van der Waals surface area contributed by atoms with E-state index in [1.807, 2.05) is 35.1 Å². The number of halogens is 1. The molecule has 1 aromatic carbocycles. The number of thioether (sulfide) groups is 1. The molecular weight excluding hydrogens is 390 g/mol. The van der Waals surface area contributed by atoms with E-state index in [-0.39, 0.29) is 22.3 Å². The summed E-state index contributed by atoms with van der Waals surface area (Å²) in [5.41, 5.74) is 0.688. The number of hydrogen-bond donors (Lipinski definition) is 1. The van der Waals surface area contributed by atoms with E-state index in [0.29, 0.717) is 17.9 Å². The smallest absolute Gasteiger partial charge is 0.270 e. The molecule has 3 rings (SSSR count). The number of nitrogens with zero attached hydrogens (tertiary/aromatic N) is 4. The van der Waals surface area contributed by atoms with Crippen LogP contribution in [0.5, 0.6) is 0 Å². The molecule has 0 saturated carbocycles. The average molecular weight is 406 g/mol. The number of amides is 1. The number of non-ortho nitro benzene ring substituents is 1. The van der Waals surface area contributed by atoms with Crippen molar-refractivity contribution in [2.24, 2.45) is 0 Å². The van der Waals surface area contributed by atoms with Gasteiger partial charge in [-0.1, -0.05) is 17.7 Å². The van der Waals surface area contributed by atoms with E-state index in [2.05, 4.69) is 15.5 Å². The highest BCUT2D eigenvalue weighted by Gasteiger charge is 2.22. The van der Waals surface area contributed by atoms with E-state index in [4.69, 9.17) is 11.6 Å². The first-order chi connectivity index (χ1) is 13.0. The Hall–Kier alpha value is -2.65. The summed E-state index contributed by atoms with van der Waals surface area (Å²) < 4.78 is 1.82. The second-order valence-corrected chi connectivity index (χ2v) is 7.11. The summed E-state index contributed by atoms with van der Waals surface area (Å²) in [4.78, 5) is 23.0. The Morgan fingerprint density at radius 1 is 1.37 bits per heavy atom. The monoisotopic (exact) mass is 405 g/mol. The van der Waals surface area contributed by atoms with Crippen molar-refractivity contribution in [1.82, 2.24) is 19.9 Å². The Morgan fingerprint density at radius 3 is 2.89 bits per heavy atom. The Balaban J connectivity index is 1.88. The molecule has 1 amide bonds. The van der Waals surface area contributed by atoms with E-state index in [0.717, 1.165) is 5.75 Å². The lowest BCUT2D eigenvalue weighted by Gasteiger charge is -2.17. The molecule has 0 spiro atoms. The number of carbonyl (C=O) groups is 1. The molecule has 10 heteroatoms. The van der Waals surface area contributed by atoms with Crippen molar-refractivity contribution in [2.45, 2.75) is 12.5 Å². The van der Waals surface area contributed by atoms with Gasteiger partial charge >= 0.3 is 0 Å². The molecule has 0 fully saturated rings. The molecule has 0 radical (unpaired) electrons. The van der Waals surface area contributed by atoms with Crippen LogP contribution in [0.15, 0.2) is 42.6 Å². The van der Waals surface area contributed by atoms with Crippen LogP contribution in [0.25, 0.3) is 5.65 Å². The van der Waals surface area contributed by atoms with Crippen molar-refractivity contribution >= 4 is 40.6 Å². The molecule has 0 aliphatic carbocycles. The Morgan fingerprint density at radius 2 is 2.19 bits per heavy atom. The molecule has 8 nitrogen and oxygen atoms in total. The van der Waals surface area contributed by atoms with Crippen LogP contribution in [0.3, 0.4) is 0 Å². The van der Waals surface area contributed by atoms with Gasteiger partial charge in [-0.3, -0.25) is 19.3 Å². The van der Waals surface area contributed by atoms with E-state index in [1.165, 1.54) is 18.2 Å². The molecule has 140 valence electrons. The van der Waals surface area contributed by atoms with Gasteiger partial charge in [0.2, 0.25) is 0 Å². The van der Waals surface area contributed by atoms with E-state index in [9.17, 15) is 14.9 Å². The third kappa shape index (κ3) is 4.20. The number of carbonyl (C=O) groups excluding carboxylic acids is 1. The van der Waals surface area contributed by atoms with Crippen molar-refractivity contribution in [3.8, 4) is 0 Å². The molecule has 0 bridgehead atoms. The van der Waals surface area contributed by atoms with E-state index >= 15 is 0 Å².